The number of benzene rings is 1. The Morgan fingerprint density at radius 2 is 1.71 bits per heavy atom. The minimum Gasteiger partial charge on any atom is -0.444 e. The van der Waals surface area contributed by atoms with Crippen LogP contribution in [0.4, 0.5) is 29.3 Å². The van der Waals surface area contributed by atoms with E-state index in [0.717, 1.165) is 12.1 Å². The first-order chi connectivity index (χ1) is 11.0. The van der Waals surface area contributed by atoms with Gasteiger partial charge in [0.25, 0.3) is 0 Å². The van der Waals surface area contributed by atoms with E-state index < -0.39 is 17.3 Å². The van der Waals surface area contributed by atoms with Gasteiger partial charge in [-0.15, -0.1) is 0 Å². The first-order valence-electron chi connectivity index (χ1n) is 7.73. The fourth-order valence-electron chi connectivity index (χ4n) is 2.53. The van der Waals surface area contributed by atoms with Crippen molar-refractivity contribution in [3.8, 4) is 0 Å². The molecule has 0 radical (unpaired) electrons. The van der Waals surface area contributed by atoms with Crippen molar-refractivity contribution in [2.45, 2.75) is 32.5 Å². The smallest absolute Gasteiger partial charge is 0.416 e. The van der Waals surface area contributed by atoms with Crippen molar-refractivity contribution >= 4 is 17.5 Å². The van der Waals surface area contributed by atoms with Crippen LogP contribution in [0.25, 0.3) is 0 Å². The third-order valence-electron chi connectivity index (χ3n) is 3.68. The summed E-state index contributed by atoms with van der Waals surface area (Å²) < 4.78 is 43.5. The Labute approximate surface area is 139 Å². The molecule has 1 aliphatic rings. The number of quaternary nitrogens is 1. The summed E-state index contributed by atoms with van der Waals surface area (Å²) in [5.41, 5.74) is 3.46. The molecular formula is C16H23F3N3O2+. The molecule has 1 heterocycles. The van der Waals surface area contributed by atoms with Crippen molar-refractivity contribution in [3.63, 3.8) is 0 Å². The number of alkyl halides is 3. The van der Waals surface area contributed by atoms with E-state index in [9.17, 15) is 18.0 Å². The summed E-state index contributed by atoms with van der Waals surface area (Å²) in [5, 5.41) is 0. The van der Waals surface area contributed by atoms with E-state index in [0.29, 0.717) is 37.6 Å². The number of hydrogen-bond acceptors (Lipinski definition) is 3. The fourth-order valence-corrected chi connectivity index (χ4v) is 2.53. The van der Waals surface area contributed by atoms with Gasteiger partial charge in [-0.05, 0) is 32.9 Å². The second-order valence-corrected chi connectivity index (χ2v) is 6.80. The number of carbonyl (C=O) groups excluding carboxylic acids is 1. The van der Waals surface area contributed by atoms with E-state index in [1.165, 1.54) is 6.07 Å². The number of carbonyl (C=O) groups is 1. The second-order valence-electron chi connectivity index (χ2n) is 6.80. The Morgan fingerprint density at radius 3 is 2.17 bits per heavy atom. The van der Waals surface area contributed by atoms with Gasteiger partial charge in [-0.25, -0.2) is 4.79 Å². The number of hydrogen-bond donors (Lipinski definition) is 1. The van der Waals surface area contributed by atoms with Crippen LogP contribution in [0.2, 0.25) is 0 Å². The highest BCUT2D eigenvalue weighted by Gasteiger charge is 2.32. The van der Waals surface area contributed by atoms with Gasteiger partial charge < -0.3 is 20.3 Å². The maximum absolute atomic E-state index is 12.7. The van der Waals surface area contributed by atoms with Crippen LogP contribution in [-0.2, 0) is 10.9 Å². The van der Waals surface area contributed by atoms with Crippen LogP contribution < -0.4 is 10.6 Å². The summed E-state index contributed by atoms with van der Waals surface area (Å²) >= 11 is 0. The Bertz CT molecular complexity index is 604. The number of piperazine rings is 1. The van der Waals surface area contributed by atoms with Crippen molar-refractivity contribution < 1.29 is 28.4 Å². The highest BCUT2D eigenvalue weighted by Crippen LogP contribution is 2.33. The average molecular weight is 346 g/mol. The largest absolute Gasteiger partial charge is 0.444 e. The molecule has 0 unspecified atom stereocenters. The number of anilines is 1. The number of amides is 1. The van der Waals surface area contributed by atoms with Gasteiger partial charge >= 0.3 is 12.3 Å². The lowest BCUT2D eigenvalue weighted by Gasteiger charge is -2.36. The second kappa shape index (κ2) is 6.51. The van der Waals surface area contributed by atoms with Crippen molar-refractivity contribution in [2.75, 3.05) is 31.1 Å². The lowest BCUT2D eigenvalue weighted by Crippen LogP contribution is -2.51. The molecular weight excluding hydrogens is 323 g/mol. The summed E-state index contributed by atoms with van der Waals surface area (Å²) in [6, 6.07) is 3.55. The zero-order valence-corrected chi connectivity index (χ0v) is 14.1. The molecule has 0 aromatic heterocycles. The third-order valence-corrected chi connectivity index (χ3v) is 3.68. The van der Waals surface area contributed by atoms with Crippen LogP contribution >= 0.6 is 0 Å². The fraction of sp³-hybridized carbons (Fsp3) is 0.562. The molecule has 134 valence electrons. The molecule has 2 rings (SSSR count). The van der Waals surface area contributed by atoms with E-state index in [4.69, 9.17) is 4.74 Å². The normalized spacial score (nSPS) is 16.3. The average Bonchev–Trinajstić information content (AvgIpc) is 2.44. The first-order valence-corrected chi connectivity index (χ1v) is 7.73. The SMILES string of the molecule is CC(C)(C)OC(=O)N1CCN(c2ccc(C(F)(F)F)cc2[NH3+])CC1. The molecule has 24 heavy (non-hydrogen) atoms. The van der Waals surface area contributed by atoms with Gasteiger partial charge in [-0.2, -0.15) is 13.2 Å². The van der Waals surface area contributed by atoms with E-state index in [1.54, 1.807) is 25.7 Å². The molecule has 0 aliphatic carbocycles. The Hall–Kier alpha value is -1.96. The maximum Gasteiger partial charge on any atom is 0.416 e. The number of rotatable bonds is 1. The molecule has 8 heteroatoms. The van der Waals surface area contributed by atoms with Gasteiger partial charge in [0.05, 0.1) is 11.3 Å². The van der Waals surface area contributed by atoms with E-state index >= 15 is 0 Å². The number of halogens is 3. The minimum atomic E-state index is -4.37. The van der Waals surface area contributed by atoms with Gasteiger partial charge in [0.15, 0.2) is 5.69 Å². The highest BCUT2D eigenvalue weighted by atomic mass is 19.4. The third kappa shape index (κ3) is 4.53. The van der Waals surface area contributed by atoms with Crippen molar-refractivity contribution in [1.82, 2.24) is 4.90 Å². The molecule has 0 spiro atoms. The van der Waals surface area contributed by atoms with Crippen LogP contribution in [0.1, 0.15) is 26.3 Å². The van der Waals surface area contributed by atoms with Gasteiger partial charge in [0.1, 0.15) is 5.60 Å². The molecule has 1 aliphatic heterocycles. The van der Waals surface area contributed by atoms with Crippen LogP contribution in [0.15, 0.2) is 18.2 Å². The number of nitrogens with zero attached hydrogens (tertiary/aromatic N) is 2. The van der Waals surface area contributed by atoms with Gasteiger partial charge in [0.2, 0.25) is 0 Å². The predicted octanol–water partition coefficient (Wildman–Crippen LogP) is 2.64. The molecule has 1 aromatic rings. The molecule has 3 N–H and O–H groups in total. The lowest BCUT2D eigenvalue weighted by atomic mass is 10.1. The van der Waals surface area contributed by atoms with Gasteiger partial charge in [-0.1, -0.05) is 0 Å². The first kappa shape index (κ1) is 18.4. The summed E-state index contributed by atoms with van der Waals surface area (Å²) in [7, 11) is 0. The lowest BCUT2D eigenvalue weighted by molar-refractivity contribution is -0.254. The quantitative estimate of drug-likeness (QED) is 0.850. The van der Waals surface area contributed by atoms with Crippen LogP contribution in [0, 0.1) is 0 Å². The topological polar surface area (TPSA) is 60.4 Å². The van der Waals surface area contributed by atoms with Crippen molar-refractivity contribution in [2.24, 2.45) is 0 Å². The highest BCUT2D eigenvalue weighted by molar-refractivity contribution is 5.69. The summed E-state index contributed by atoms with van der Waals surface area (Å²) in [5.74, 6) is 0. The Morgan fingerprint density at radius 1 is 1.12 bits per heavy atom. The number of ether oxygens (including phenoxy) is 1. The maximum atomic E-state index is 12.7. The molecule has 1 aromatic carbocycles. The summed E-state index contributed by atoms with van der Waals surface area (Å²) in [6.07, 6.45) is -4.75. The van der Waals surface area contributed by atoms with Crippen LogP contribution in [0.3, 0.4) is 0 Å². The molecule has 0 saturated carbocycles. The molecule has 1 amide bonds. The Kier molecular flexibility index (Phi) is 4.98. The molecule has 0 bridgehead atoms. The standard InChI is InChI=1S/C16H22F3N3O2/c1-15(2,3)24-14(23)22-8-6-21(7-9-22)13-5-4-11(10-12(13)20)16(17,18)19/h4-5,10H,6-9,20H2,1-3H3/p+1. The van der Waals surface area contributed by atoms with Crippen LogP contribution in [0.5, 0.6) is 0 Å². The minimum absolute atomic E-state index is 0.329. The van der Waals surface area contributed by atoms with Gasteiger partial charge in [-0.3, -0.25) is 0 Å². The van der Waals surface area contributed by atoms with Crippen molar-refractivity contribution in [3.05, 3.63) is 23.8 Å². The van der Waals surface area contributed by atoms with E-state index in [-0.39, 0.29) is 6.09 Å². The summed E-state index contributed by atoms with van der Waals surface area (Å²) in [6.45, 7) is 7.36. The zero-order valence-electron chi connectivity index (χ0n) is 14.1. The summed E-state index contributed by atoms with van der Waals surface area (Å²) in [4.78, 5) is 15.6. The zero-order chi connectivity index (χ0) is 18.1. The molecule has 0 atom stereocenters. The van der Waals surface area contributed by atoms with Crippen LogP contribution in [-0.4, -0.2) is 42.8 Å². The molecule has 1 fully saturated rings. The Balaban J connectivity index is 2.01. The molecule has 1 saturated heterocycles. The van der Waals surface area contributed by atoms with Gasteiger partial charge in [0, 0.05) is 32.2 Å². The van der Waals surface area contributed by atoms with Crippen molar-refractivity contribution in [1.29, 1.82) is 0 Å². The monoisotopic (exact) mass is 346 g/mol. The van der Waals surface area contributed by atoms with E-state index in [1.807, 2.05) is 4.90 Å². The van der Waals surface area contributed by atoms with E-state index in [2.05, 4.69) is 5.73 Å². The molecule has 5 nitrogen and oxygen atoms in total. The predicted molar refractivity (Wildman–Crippen MR) is 84.0 cm³/mol.